The monoisotopic (exact) mass is 248 g/mol. The van der Waals surface area contributed by atoms with E-state index >= 15 is 0 Å². The van der Waals surface area contributed by atoms with Gasteiger partial charge in [0.2, 0.25) is 0 Å². The van der Waals surface area contributed by atoms with Crippen LogP contribution in [0.15, 0.2) is 12.1 Å². The number of cyclic esters (lactones) is 1. The summed E-state index contributed by atoms with van der Waals surface area (Å²) in [5, 5.41) is 3.11. The molecule has 0 aliphatic carbocycles. The summed E-state index contributed by atoms with van der Waals surface area (Å²) in [6.45, 7) is 7.33. The molecule has 1 heterocycles. The molecular weight excluding hydrogens is 228 g/mol. The van der Waals surface area contributed by atoms with Crippen LogP contribution in [0, 0.1) is 20.8 Å². The Morgan fingerprint density at radius 2 is 1.94 bits per heavy atom. The van der Waals surface area contributed by atoms with Gasteiger partial charge in [0.15, 0.2) is 0 Å². The standard InChI is InChI=1S/C14H20N2O2/c1-9-5-10(2)13(11(3)6-9)16-12(7-15-4)8-18-14(16)17/h5-6,12,15H,7-8H2,1-4H3. The van der Waals surface area contributed by atoms with Crippen molar-refractivity contribution in [3.8, 4) is 0 Å². The lowest BCUT2D eigenvalue weighted by Gasteiger charge is -2.25. The van der Waals surface area contributed by atoms with Crippen LogP contribution in [0.4, 0.5) is 10.5 Å². The number of ether oxygens (including phenoxy) is 1. The van der Waals surface area contributed by atoms with Crippen molar-refractivity contribution in [3.63, 3.8) is 0 Å². The number of carbonyl (C=O) groups is 1. The summed E-state index contributed by atoms with van der Waals surface area (Å²) in [4.78, 5) is 13.7. The number of amides is 1. The van der Waals surface area contributed by atoms with Gasteiger partial charge in [-0.25, -0.2) is 4.79 Å². The summed E-state index contributed by atoms with van der Waals surface area (Å²) in [5.41, 5.74) is 4.44. The fourth-order valence-electron chi connectivity index (χ4n) is 2.67. The van der Waals surface area contributed by atoms with E-state index in [1.54, 1.807) is 4.90 Å². The maximum absolute atomic E-state index is 11.9. The Morgan fingerprint density at radius 1 is 1.33 bits per heavy atom. The Morgan fingerprint density at radius 3 is 2.50 bits per heavy atom. The third-order valence-electron chi connectivity index (χ3n) is 3.28. The average molecular weight is 248 g/mol. The van der Waals surface area contributed by atoms with Crippen LogP contribution in [0.2, 0.25) is 0 Å². The molecule has 1 unspecified atom stereocenters. The van der Waals surface area contributed by atoms with Gasteiger partial charge in [-0.3, -0.25) is 4.90 Å². The number of carbonyl (C=O) groups excluding carboxylic acids is 1. The Kier molecular flexibility index (Phi) is 3.57. The van der Waals surface area contributed by atoms with E-state index in [-0.39, 0.29) is 12.1 Å². The van der Waals surface area contributed by atoms with Gasteiger partial charge >= 0.3 is 6.09 Å². The summed E-state index contributed by atoms with van der Waals surface area (Å²) in [6, 6.07) is 4.27. The second-order valence-electron chi connectivity index (χ2n) is 4.91. The van der Waals surface area contributed by atoms with E-state index in [0.717, 1.165) is 23.4 Å². The van der Waals surface area contributed by atoms with Crippen molar-refractivity contribution < 1.29 is 9.53 Å². The van der Waals surface area contributed by atoms with Crippen molar-refractivity contribution in [1.82, 2.24) is 5.32 Å². The Balaban J connectivity index is 2.43. The van der Waals surface area contributed by atoms with Gasteiger partial charge in [-0.2, -0.15) is 0 Å². The van der Waals surface area contributed by atoms with E-state index in [0.29, 0.717) is 6.61 Å². The Hall–Kier alpha value is -1.55. The number of nitrogens with one attached hydrogen (secondary N) is 1. The number of benzene rings is 1. The largest absolute Gasteiger partial charge is 0.447 e. The lowest BCUT2D eigenvalue weighted by atomic mass is 10.0. The number of hydrogen-bond acceptors (Lipinski definition) is 3. The average Bonchev–Trinajstić information content (AvgIpc) is 2.61. The number of likely N-dealkylation sites (N-methyl/N-ethyl adjacent to an activating group) is 1. The SMILES string of the molecule is CNCC1COC(=O)N1c1c(C)cc(C)cc1C. The number of hydrogen-bond donors (Lipinski definition) is 1. The number of rotatable bonds is 3. The van der Waals surface area contributed by atoms with E-state index in [1.807, 2.05) is 20.9 Å². The van der Waals surface area contributed by atoms with Crippen LogP contribution in [0.3, 0.4) is 0 Å². The third kappa shape index (κ3) is 2.20. The predicted octanol–water partition coefficient (Wildman–Crippen LogP) is 2.16. The minimum absolute atomic E-state index is 0.0719. The van der Waals surface area contributed by atoms with Crippen LogP contribution >= 0.6 is 0 Å². The molecule has 1 aromatic carbocycles. The minimum Gasteiger partial charge on any atom is -0.447 e. The minimum atomic E-state index is -0.245. The molecule has 4 nitrogen and oxygen atoms in total. The molecular formula is C14H20N2O2. The van der Waals surface area contributed by atoms with Gasteiger partial charge in [0.1, 0.15) is 6.61 Å². The van der Waals surface area contributed by atoms with Gasteiger partial charge in [0, 0.05) is 6.54 Å². The van der Waals surface area contributed by atoms with Crippen molar-refractivity contribution in [2.75, 3.05) is 25.1 Å². The van der Waals surface area contributed by atoms with Crippen molar-refractivity contribution in [2.45, 2.75) is 26.8 Å². The molecule has 1 fully saturated rings. The molecule has 0 spiro atoms. The van der Waals surface area contributed by atoms with E-state index < -0.39 is 0 Å². The lowest BCUT2D eigenvalue weighted by molar-refractivity contribution is 0.178. The van der Waals surface area contributed by atoms with Crippen LogP contribution < -0.4 is 10.2 Å². The molecule has 2 rings (SSSR count). The molecule has 1 aliphatic heterocycles. The highest BCUT2D eigenvalue weighted by Gasteiger charge is 2.35. The number of anilines is 1. The number of nitrogens with zero attached hydrogens (tertiary/aromatic N) is 1. The van der Waals surface area contributed by atoms with Gasteiger partial charge in [-0.1, -0.05) is 17.7 Å². The smallest absolute Gasteiger partial charge is 0.414 e. The summed E-state index contributed by atoms with van der Waals surface area (Å²) in [6.07, 6.45) is -0.245. The molecule has 0 aromatic heterocycles. The highest BCUT2D eigenvalue weighted by Crippen LogP contribution is 2.30. The van der Waals surface area contributed by atoms with E-state index in [1.165, 1.54) is 5.56 Å². The fourth-order valence-corrected chi connectivity index (χ4v) is 2.67. The first kappa shape index (κ1) is 12.9. The van der Waals surface area contributed by atoms with Gasteiger partial charge in [-0.15, -0.1) is 0 Å². The molecule has 98 valence electrons. The zero-order chi connectivity index (χ0) is 13.3. The van der Waals surface area contributed by atoms with Crippen LogP contribution in [0.5, 0.6) is 0 Å². The first-order valence-corrected chi connectivity index (χ1v) is 6.23. The molecule has 1 atom stereocenters. The second-order valence-corrected chi connectivity index (χ2v) is 4.91. The van der Waals surface area contributed by atoms with Gasteiger partial charge in [0.05, 0.1) is 11.7 Å². The molecule has 0 radical (unpaired) electrons. The van der Waals surface area contributed by atoms with Crippen LogP contribution in [-0.2, 0) is 4.74 Å². The van der Waals surface area contributed by atoms with E-state index in [9.17, 15) is 4.79 Å². The molecule has 1 N–H and O–H groups in total. The van der Waals surface area contributed by atoms with E-state index in [2.05, 4.69) is 24.4 Å². The van der Waals surface area contributed by atoms with Gasteiger partial charge < -0.3 is 10.1 Å². The molecule has 18 heavy (non-hydrogen) atoms. The third-order valence-corrected chi connectivity index (χ3v) is 3.28. The molecule has 0 saturated carbocycles. The highest BCUT2D eigenvalue weighted by atomic mass is 16.6. The Bertz CT molecular complexity index is 448. The second kappa shape index (κ2) is 4.98. The van der Waals surface area contributed by atoms with Crippen molar-refractivity contribution in [2.24, 2.45) is 0 Å². The maximum Gasteiger partial charge on any atom is 0.414 e. The Labute approximate surface area is 108 Å². The van der Waals surface area contributed by atoms with Crippen LogP contribution in [-0.4, -0.2) is 32.3 Å². The molecule has 1 amide bonds. The van der Waals surface area contributed by atoms with Crippen molar-refractivity contribution in [1.29, 1.82) is 0 Å². The molecule has 0 bridgehead atoms. The molecule has 1 saturated heterocycles. The van der Waals surface area contributed by atoms with Crippen LogP contribution in [0.25, 0.3) is 0 Å². The fraction of sp³-hybridized carbons (Fsp3) is 0.500. The van der Waals surface area contributed by atoms with Gasteiger partial charge in [-0.05, 0) is 38.9 Å². The zero-order valence-electron chi connectivity index (χ0n) is 11.4. The first-order valence-electron chi connectivity index (χ1n) is 6.23. The molecule has 1 aromatic rings. The van der Waals surface area contributed by atoms with Crippen molar-refractivity contribution >= 4 is 11.8 Å². The summed E-state index contributed by atoms with van der Waals surface area (Å²) >= 11 is 0. The van der Waals surface area contributed by atoms with E-state index in [4.69, 9.17) is 4.74 Å². The summed E-state index contributed by atoms with van der Waals surface area (Å²) in [5.74, 6) is 0. The number of aryl methyl sites for hydroxylation is 3. The first-order chi connectivity index (χ1) is 8.54. The maximum atomic E-state index is 11.9. The quantitative estimate of drug-likeness (QED) is 0.891. The topological polar surface area (TPSA) is 41.6 Å². The summed E-state index contributed by atoms with van der Waals surface area (Å²) < 4.78 is 5.17. The lowest BCUT2D eigenvalue weighted by Crippen LogP contribution is -2.40. The van der Waals surface area contributed by atoms with Gasteiger partial charge in [0.25, 0.3) is 0 Å². The predicted molar refractivity (Wildman–Crippen MR) is 72.2 cm³/mol. The highest BCUT2D eigenvalue weighted by molar-refractivity contribution is 5.92. The summed E-state index contributed by atoms with van der Waals surface area (Å²) in [7, 11) is 1.88. The van der Waals surface area contributed by atoms with Crippen molar-refractivity contribution in [3.05, 3.63) is 28.8 Å². The zero-order valence-corrected chi connectivity index (χ0v) is 11.4. The molecule has 4 heteroatoms. The van der Waals surface area contributed by atoms with Crippen LogP contribution in [0.1, 0.15) is 16.7 Å². The molecule has 1 aliphatic rings. The normalized spacial score (nSPS) is 19.2.